The highest BCUT2D eigenvalue weighted by atomic mass is 127. The molecule has 12 heavy (non-hydrogen) atoms. The molecule has 0 unspecified atom stereocenters. The highest BCUT2D eigenvalue weighted by Crippen LogP contribution is 2.18. The van der Waals surface area contributed by atoms with Crippen molar-refractivity contribution in [2.24, 2.45) is 0 Å². The zero-order valence-electron chi connectivity index (χ0n) is 7.63. The second-order valence-electron chi connectivity index (χ2n) is 3.45. The van der Waals surface area contributed by atoms with Crippen LogP contribution in [0.5, 0.6) is 6.01 Å². The standard InChI is InChI=1S/C7H12IN3O/c1-7(2,3)11-5(8)9-6(10-11)12-4/h1-4H3. The first-order valence-corrected chi connectivity index (χ1v) is 4.70. The Morgan fingerprint density at radius 3 is 2.25 bits per heavy atom. The fourth-order valence-electron chi connectivity index (χ4n) is 0.789. The summed E-state index contributed by atoms with van der Waals surface area (Å²) < 4.78 is 7.61. The fraction of sp³-hybridized carbons (Fsp3) is 0.714. The lowest BCUT2D eigenvalue weighted by Gasteiger charge is -2.18. The van der Waals surface area contributed by atoms with Gasteiger partial charge in [0.25, 0.3) is 0 Å². The van der Waals surface area contributed by atoms with Gasteiger partial charge in [-0.3, -0.25) is 0 Å². The van der Waals surface area contributed by atoms with Crippen LogP contribution < -0.4 is 4.74 Å². The van der Waals surface area contributed by atoms with Crippen LogP contribution in [-0.4, -0.2) is 21.9 Å². The summed E-state index contributed by atoms with van der Waals surface area (Å²) >= 11 is 2.14. The molecular weight excluding hydrogens is 269 g/mol. The third-order valence-corrected chi connectivity index (χ3v) is 2.06. The predicted octanol–water partition coefficient (Wildman–Crippen LogP) is 1.65. The van der Waals surface area contributed by atoms with Crippen LogP contribution in [0, 0.1) is 3.83 Å². The highest BCUT2D eigenvalue weighted by Gasteiger charge is 2.19. The van der Waals surface area contributed by atoms with Crippen molar-refractivity contribution in [2.45, 2.75) is 26.3 Å². The summed E-state index contributed by atoms with van der Waals surface area (Å²) in [6.07, 6.45) is 0. The molecule has 68 valence electrons. The topological polar surface area (TPSA) is 39.9 Å². The van der Waals surface area contributed by atoms with Gasteiger partial charge in [0, 0.05) is 22.6 Å². The van der Waals surface area contributed by atoms with E-state index >= 15 is 0 Å². The molecule has 0 spiro atoms. The Morgan fingerprint density at radius 2 is 2.00 bits per heavy atom. The van der Waals surface area contributed by atoms with E-state index in [1.54, 1.807) is 7.11 Å². The van der Waals surface area contributed by atoms with E-state index in [1.807, 2.05) is 4.68 Å². The first-order valence-electron chi connectivity index (χ1n) is 3.62. The quantitative estimate of drug-likeness (QED) is 0.735. The van der Waals surface area contributed by atoms with Crippen LogP contribution in [0.25, 0.3) is 0 Å². The van der Waals surface area contributed by atoms with E-state index in [0.717, 1.165) is 3.83 Å². The van der Waals surface area contributed by atoms with Gasteiger partial charge in [-0.1, -0.05) is 0 Å². The molecule has 0 saturated heterocycles. The summed E-state index contributed by atoms with van der Waals surface area (Å²) in [5.74, 6) is 0. The maximum Gasteiger partial charge on any atom is 0.336 e. The highest BCUT2D eigenvalue weighted by molar-refractivity contribution is 14.1. The molecule has 0 radical (unpaired) electrons. The third kappa shape index (κ3) is 1.88. The van der Waals surface area contributed by atoms with Crippen molar-refractivity contribution in [3.63, 3.8) is 0 Å². The molecule has 1 heterocycles. The summed E-state index contributed by atoms with van der Waals surface area (Å²) in [5, 5.41) is 4.18. The minimum atomic E-state index is -0.0414. The average molecular weight is 281 g/mol. The SMILES string of the molecule is COc1nc(I)n(C(C)(C)C)n1. The molecule has 0 aliphatic heterocycles. The van der Waals surface area contributed by atoms with E-state index in [4.69, 9.17) is 4.74 Å². The summed E-state index contributed by atoms with van der Waals surface area (Å²) in [7, 11) is 1.57. The number of methoxy groups -OCH3 is 1. The zero-order valence-corrected chi connectivity index (χ0v) is 9.79. The third-order valence-electron chi connectivity index (χ3n) is 1.37. The summed E-state index contributed by atoms with van der Waals surface area (Å²) in [4.78, 5) is 4.11. The van der Waals surface area contributed by atoms with Crippen LogP contribution in [0.1, 0.15) is 20.8 Å². The lowest BCUT2D eigenvalue weighted by molar-refractivity contribution is 0.324. The maximum absolute atomic E-state index is 4.92. The molecule has 0 bridgehead atoms. The van der Waals surface area contributed by atoms with Crippen LogP contribution in [0.3, 0.4) is 0 Å². The smallest absolute Gasteiger partial charge is 0.336 e. The molecule has 0 saturated carbocycles. The van der Waals surface area contributed by atoms with Gasteiger partial charge in [0.05, 0.1) is 12.6 Å². The molecule has 0 amide bonds. The Morgan fingerprint density at radius 1 is 1.42 bits per heavy atom. The van der Waals surface area contributed by atoms with Crippen LogP contribution in [0.2, 0.25) is 0 Å². The second-order valence-corrected chi connectivity index (χ2v) is 4.42. The average Bonchev–Trinajstić information content (AvgIpc) is 2.29. The number of rotatable bonds is 1. The van der Waals surface area contributed by atoms with E-state index < -0.39 is 0 Å². The Balaban J connectivity index is 3.08. The molecule has 1 aromatic heterocycles. The minimum absolute atomic E-state index is 0.0414. The van der Waals surface area contributed by atoms with E-state index in [0.29, 0.717) is 6.01 Å². The van der Waals surface area contributed by atoms with E-state index in [-0.39, 0.29) is 5.54 Å². The molecule has 1 aromatic rings. The molecule has 1 rings (SSSR count). The lowest BCUT2D eigenvalue weighted by Crippen LogP contribution is -2.24. The van der Waals surface area contributed by atoms with Crippen molar-refractivity contribution in [1.82, 2.24) is 14.8 Å². The first-order chi connectivity index (χ1) is 5.45. The van der Waals surface area contributed by atoms with Crippen molar-refractivity contribution in [3.8, 4) is 6.01 Å². The predicted molar refractivity (Wildman–Crippen MR) is 54.3 cm³/mol. The van der Waals surface area contributed by atoms with E-state index in [9.17, 15) is 0 Å². The first kappa shape index (κ1) is 9.76. The maximum atomic E-state index is 4.92. The van der Waals surface area contributed by atoms with Crippen molar-refractivity contribution >= 4 is 22.6 Å². The number of hydrogen-bond donors (Lipinski definition) is 0. The molecule has 0 atom stereocenters. The van der Waals surface area contributed by atoms with Crippen molar-refractivity contribution < 1.29 is 4.74 Å². The van der Waals surface area contributed by atoms with Crippen LogP contribution in [0.4, 0.5) is 0 Å². The van der Waals surface area contributed by atoms with Gasteiger partial charge in [0.2, 0.25) is 0 Å². The van der Waals surface area contributed by atoms with Gasteiger partial charge in [-0.25, -0.2) is 4.68 Å². The Labute approximate surface area is 85.5 Å². The number of nitrogens with zero attached hydrogens (tertiary/aromatic N) is 3. The van der Waals surface area contributed by atoms with Gasteiger partial charge in [0.15, 0.2) is 3.83 Å². The summed E-state index contributed by atoms with van der Waals surface area (Å²) in [6.45, 7) is 6.22. The van der Waals surface area contributed by atoms with Crippen molar-refractivity contribution in [3.05, 3.63) is 3.83 Å². The lowest BCUT2D eigenvalue weighted by atomic mass is 10.1. The molecule has 0 aromatic carbocycles. The van der Waals surface area contributed by atoms with E-state index in [1.165, 1.54) is 0 Å². The minimum Gasteiger partial charge on any atom is -0.466 e. The number of halogens is 1. The molecule has 0 aliphatic carbocycles. The van der Waals surface area contributed by atoms with E-state index in [2.05, 4.69) is 53.4 Å². The van der Waals surface area contributed by atoms with Gasteiger partial charge in [0.1, 0.15) is 0 Å². The number of aromatic nitrogens is 3. The van der Waals surface area contributed by atoms with Gasteiger partial charge in [-0.2, -0.15) is 4.98 Å². The van der Waals surface area contributed by atoms with Gasteiger partial charge in [-0.05, 0) is 20.8 Å². The monoisotopic (exact) mass is 281 g/mol. The van der Waals surface area contributed by atoms with Gasteiger partial charge >= 0.3 is 6.01 Å². The van der Waals surface area contributed by atoms with Crippen molar-refractivity contribution in [2.75, 3.05) is 7.11 Å². The Bertz CT molecular complexity index is 277. The molecule has 0 aliphatic rings. The molecule has 5 heteroatoms. The van der Waals surface area contributed by atoms with Crippen LogP contribution in [-0.2, 0) is 5.54 Å². The largest absolute Gasteiger partial charge is 0.466 e. The van der Waals surface area contributed by atoms with Gasteiger partial charge in [-0.15, -0.1) is 5.10 Å². The molecule has 0 N–H and O–H groups in total. The Kier molecular flexibility index (Phi) is 2.60. The van der Waals surface area contributed by atoms with Crippen molar-refractivity contribution in [1.29, 1.82) is 0 Å². The second kappa shape index (κ2) is 3.20. The number of hydrogen-bond acceptors (Lipinski definition) is 3. The summed E-state index contributed by atoms with van der Waals surface area (Å²) in [6, 6.07) is 0.425. The Hall–Kier alpha value is -0.330. The molecular formula is C7H12IN3O. The van der Waals surface area contributed by atoms with Crippen LogP contribution >= 0.6 is 22.6 Å². The normalized spacial score (nSPS) is 11.8. The fourth-order valence-corrected chi connectivity index (χ4v) is 1.83. The molecule has 4 nitrogen and oxygen atoms in total. The number of ether oxygens (including phenoxy) is 1. The zero-order chi connectivity index (χ0) is 9.35. The molecule has 0 fully saturated rings. The van der Waals surface area contributed by atoms with Gasteiger partial charge < -0.3 is 4.74 Å². The van der Waals surface area contributed by atoms with Crippen LogP contribution in [0.15, 0.2) is 0 Å². The summed E-state index contributed by atoms with van der Waals surface area (Å²) in [5.41, 5.74) is -0.0414.